The van der Waals surface area contributed by atoms with Gasteiger partial charge in [0.2, 0.25) is 5.91 Å². The van der Waals surface area contributed by atoms with Crippen LogP contribution in [0.3, 0.4) is 0 Å². The Morgan fingerprint density at radius 2 is 2.03 bits per heavy atom. The Kier molecular flexibility index (Phi) is 4.90. The molecule has 29 heavy (non-hydrogen) atoms. The van der Waals surface area contributed by atoms with Crippen molar-refractivity contribution in [1.82, 2.24) is 9.78 Å². The average molecular weight is 392 g/mol. The molecule has 0 radical (unpaired) electrons. The Balaban J connectivity index is 1.71. The molecule has 0 bridgehead atoms. The van der Waals surface area contributed by atoms with Crippen LogP contribution in [0.2, 0.25) is 0 Å². The number of hydrogen-bond donors (Lipinski definition) is 2. The number of carbonyl (C=O) groups is 2. The molecule has 0 spiro atoms. The summed E-state index contributed by atoms with van der Waals surface area (Å²) in [5.74, 6) is 0.689. The number of fused-ring (bicyclic) bond motifs is 1. The quantitative estimate of drug-likeness (QED) is 0.669. The summed E-state index contributed by atoms with van der Waals surface area (Å²) in [6, 6.07) is 15.0. The summed E-state index contributed by atoms with van der Waals surface area (Å²) in [5, 5.41) is 7.42. The monoisotopic (exact) mass is 392 g/mol. The third kappa shape index (κ3) is 3.64. The molecule has 148 valence electrons. The van der Waals surface area contributed by atoms with Crippen LogP contribution in [0, 0.1) is 0 Å². The van der Waals surface area contributed by atoms with Crippen LogP contribution in [0.4, 0.5) is 5.82 Å². The summed E-state index contributed by atoms with van der Waals surface area (Å²) < 4.78 is 12.5. The van der Waals surface area contributed by atoms with E-state index < -0.39 is 5.91 Å². The number of para-hydroxylation sites is 1. The van der Waals surface area contributed by atoms with Gasteiger partial charge in [-0.3, -0.25) is 9.59 Å². The van der Waals surface area contributed by atoms with Crippen molar-refractivity contribution < 1.29 is 19.1 Å². The van der Waals surface area contributed by atoms with Gasteiger partial charge in [-0.1, -0.05) is 24.3 Å². The molecule has 2 heterocycles. The molecule has 1 aromatic heterocycles. The number of carbonyl (C=O) groups excluding carboxylic acids is 2. The van der Waals surface area contributed by atoms with E-state index >= 15 is 0 Å². The molecule has 1 atom stereocenters. The van der Waals surface area contributed by atoms with Gasteiger partial charge >= 0.3 is 0 Å². The second kappa shape index (κ2) is 7.67. The van der Waals surface area contributed by atoms with Crippen LogP contribution in [-0.4, -0.2) is 35.3 Å². The molecule has 2 amide bonds. The predicted molar refractivity (Wildman–Crippen MR) is 106 cm³/mol. The van der Waals surface area contributed by atoms with E-state index in [1.54, 1.807) is 16.9 Å². The molecule has 3 aromatic rings. The highest BCUT2D eigenvalue weighted by atomic mass is 16.5. The standard InChI is InChI=1S/C21H20N4O4/c1-28-18-9-13(7-8-17(18)29-12-19(22)26)15-10-20(27)24-21-16(15)11-23-25(21)14-5-3-2-4-6-14/h2-9,11,15H,10,12H2,1H3,(H2,22,26)(H,24,27)/t15-/m1/s1. The molecule has 8 heteroatoms. The fourth-order valence-corrected chi connectivity index (χ4v) is 3.45. The molecule has 8 nitrogen and oxygen atoms in total. The van der Waals surface area contributed by atoms with Crippen molar-refractivity contribution >= 4 is 17.6 Å². The van der Waals surface area contributed by atoms with Crippen LogP contribution < -0.4 is 20.5 Å². The molecular formula is C21H20N4O4. The van der Waals surface area contributed by atoms with Gasteiger partial charge in [-0.05, 0) is 29.8 Å². The first kappa shape index (κ1) is 18.5. The summed E-state index contributed by atoms with van der Waals surface area (Å²) in [6.07, 6.45) is 2.06. The van der Waals surface area contributed by atoms with E-state index in [9.17, 15) is 9.59 Å². The number of aromatic nitrogens is 2. The fourth-order valence-electron chi connectivity index (χ4n) is 3.45. The summed E-state index contributed by atoms with van der Waals surface area (Å²) in [4.78, 5) is 23.4. The number of anilines is 1. The summed E-state index contributed by atoms with van der Waals surface area (Å²) in [7, 11) is 1.52. The number of nitrogens with one attached hydrogen (secondary N) is 1. The van der Waals surface area contributed by atoms with E-state index in [1.807, 2.05) is 42.5 Å². The molecule has 2 aromatic carbocycles. The van der Waals surface area contributed by atoms with Crippen molar-refractivity contribution in [2.75, 3.05) is 19.0 Å². The Morgan fingerprint density at radius 1 is 1.24 bits per heavy atom. The molecule has 4 rings (SSSR count). The first-order chi connectivity index (χ1) is 14.1. The molecular weight excluding hydrogens is 372 g/mol. The van der Waals surface area contributed by atoms with E-state index in [0.717, 1.165) is 16.8 Å². The first-order valence-electron chi connectivity index (χ1n) is 9.09. The summed E-state index contributed by atoms with van der Waals surface area (Å²) in [6.45, 7) is -0.241. The van der Waals surface area contributed by atoms with E-state index in [2.05, 4.69) is 10.4 Å². The van der Waals surface area contributed by atoms with Crippen molar-refractivity contribution in [3.8, 4) is 17.2 Å². The van der Waals surface area contributed by atoms with Gasteiger partial charge in [-0.15, -0.1) is 0 Å². The largest absolute Gasteiger partial charge is 0.493 e. The highest BCUT2D eigenvalue weighted by Crippen LogP contribution is 2.40. The third-order valence-corrected chi connectivity index (χ3v) is 4.78. The smallest absolute Gasteiger partial charge is 0.255 e. The molecule has 0 unspecified atom stereocenters. The SMILES string of the molecule is COc1cc([C@H]2CC(=O)Nc3c2cnn3-c2ccccc2)ccc1OCC(N)=O. The number of benzene rings is 2. The van der Waals surface area contributed by atoms with E-state index in [-0.39, 0.29) is 24.9 Å². The lowest BCUT2D eigenvalue weighted by Gasteiger charge is -2.24. The van der Waals surface area contributed by atoms with Gasteiger partial charge in [0.05, 0.1) is 19.0 Å². The number of amides is 2. The molecule has 0 fully saturated rings. The van der Waals surface area contributed by atoms with Gasteiger partial charge in [-0.25, -0.2) is 4.68 Å². The Hall–Kier alpha value is -3.81. The van der Waals surface area contributed by atoms with Crippen LogP contribution >= 0.6 is 0 Å². The lowest BCUT2D eigenvalue weighted by molar-refractivity contribution is -0.120. The number of nitrogens with zero attached hydrogens (tertiary/aromatic N) is 2. The molecule has 3 N–H and O–H groups in total. The van der Waals surface area contributed by atoms with E-state index in [4.69, 9.17) is 15.2 Å². The third-order valence-electron chi connectivity index (χ3n) is 4.78. The topological polar surface area (TPSA) is 108 Å². The van der Waals surface area contributed by atoms with Gasteiger partial charge in [0.15, 0.2) is 18.1 Å². The second-order valence-corrected chi connectivity index (χ2v) is 6.67. The van der Waals surface area contributed by atoms with Gasteiger partial charge < -0.3 is 20.5 Å². The van der Waals surface area contributed by atoms with Gasteiger partial charge in [-0.2, -0.15) is 5.10 Å². The number of ether oxygens (including phenoxy) is 2. The van der Waals surface area contributed by atoms with Gasteiger partial charge in [0, 0.05) is 17.9 Å². The predicted octanol–water partition coefficient (Wildman–Crippen LogP) is 2.22. The van der Waals surface area contributed by atoms with Crippen LogP contribution in [0.15, 0.2) is 54.7 Å². The zero-order valence-electron chi connectivity index (χ0n) is 15.8. The maximum absolute atomic E-state index is 12.4. The minimum absolute atomic E-state index is 0.0896. The van der Waals surface area contributed by atoms with Crippen LogP contribution in [-0.2, 0) is 9.59 Å². The average Bonchev–Trinajstić information content (AvgIpc) is 3.15. The number of nitrogens with two attached hydrogens (primary N) is 1. The fraction of sp³-hybridized carbons (Fsp3) is 0.190. The normalized spacial score (nSPS) is 15.3. The zero-order chi connectivity index (χ0) is 20.4. The maximum atomic E-state index is 12.4. The van der Waals surface area contributed by atoms with Crippen LogP contribution in [0.1, 0.15) is 23.5 Å². The lowest BCUT2D eigenvalue weighted by atomic mass is 9.87. The Labute approximate surface area is 167 Å². The minimum atomic E-state index is -0.571. The lowest BCUT2D eigenvalue weighted by Crippen LogP contribution is -2.24. The molecule has 1 aliphatic rings. The van der Waals surface area contributed by atoms with Crippen molar-refractivity contribution in [1.29, 1.82) is 0 Å². The van der Waals surface area contributed by atoms with E-state index in [1.165, 1.54) is 7.11 Å². The molecule has 1 aliphatic heterocycles. The maximum Gasteiger partial charge on any atom is 0.255 e. The zero-order valence-corrected chi connectivity index (χ0v) is 15.8. The number of hydrogen-bond acceptors (Lipinski definition) is 5. The highest BCUT2D eigenvalue weighted by Gasteiger charge is 2.31. The highest BCUT2D eigenvalue weighted by molar-refractivity contribution is 5.94. The van der Waals surface area contributed by atoms with Gasteiger partial charge in [0.25, 0.3) is 5.91 Å². The van der Waals surface area contributed by atoms with Crippen LogP contribution in [0.25, 0.3) is 5.69 Å². The molecule has 0 saturated carbocycles. The van der Waals surface area contributed by atoms with Gasteiger partial charge in [0.1, 0.15) is 5.82 Å². The number of methoxy groups -OCH3 is 1. The van der Waals surface area contributed by atoms with Crippen molar-refractivity contribution in [3.63, 3.8) is 0 Å². The van der Waals surface area contributed by atoms with Crippen molar-refractivity contribution in [2.45, 2.75) is 12.3 Å². The summed E-state index contributed by atoms with van der Waals surface area (Å²) >= 11 is 0. The first-order valence-corrected chi connectivity index (χ1v) is 9.09. The molecule has 0 saturated heterocycles. The van der Waals surface area contributed by atoms with E-state index in [0.29, 0.717) is 17.3 Å². The Morgan fingerprint density at radius 3 is 2.76 bits per heavy atom. The minimum Gasteiger partial charge on any atom is -0.493 e. The Bertz CT molecular complexity index is 1060. The van der Waals surface area contributed by atoms with Crippen molar-refractivity contribution in [2.24, 2.45) is 5.73 Å². The number of rotatable bonds is 6. The van der Waals surface area contributed by atoms with Crippen molar-refractivity contribution in [3.05, 3.63) is 65.9 Å². The van der Waals surface area contributed by atoms with Crippen LogP contribution in [0.5, 0.6) is 11.5 Å². The number of primary amides is 1. The summed E-state index contributed by atoms with van der Waals surface area (Å²) in [5.41, 5.74) is 7.81. The molecule has 0 aliphatic carbocycles. The second-order valence-electron chi connectivity index (χ2n) is 6.67.